The molecule has 2 rings (SSSR count). The van der Waals surface area contributed by atoms with E-state index in [9.17, 15) is 29.7 Å². The topological polar surface area (TPSA) is 121 Å². The Morgan fingerprint density at radius 2 is 1.87 bits per heavy atom. The summed E-state index contributed by atoms with van der Waals surface area (Å²) in [5, 5.41) is 29.3. The first-order chi connectivity index (χ1) is 10.8. The second-order valence-corrected chi connectivity index (χ2v) is 5.62. The minimum Gasteiger partial charge on any atom is -0.508 e. The summed E-state index contributed by atoms with van der Waals surface area (Å²) in [6.45, 7) is 1.62. The molecule has 0 radical (unpaired) electrons. The van der Waals surface area contributed by atoms with Crippen LogP contribution in [-0.4, -0.2) is 45.1 Å². The molecule has 1 aromatic rings. The Morgan fingerprint density at radius 3 is 2.57 bits per heavy atom. The highest BCUT2D eigenvalue weighted by Gasteiger charge is 2.27. The molecule has 3 N–H and O–H groups in total. The number of esters is 1. The van der Waals surface area contributed by atoms with Gasteiger partial charge in [-0.05, 0) is 25.0 Å². The predicted octanol–water partition coefficient (Wildman–Crippen LogP) is 0.869. The van der Waals surface area contributed by atoms with Crippen LogP contribution in [0.5, 0.6) is 11.5 Å². The molecule has 0 amide bonds. The van der Waals surface area contributed by atoms with Crippen molar-refractivity contribution in [1.82, 2.24) is 0 Å². The largest absolute Gasteiger partial charge is 0.508 e. The van der Waals surface area contributed by atoms with Gasteiger partial charge in [-0.15, -0.1) is 0 Å². The summed E-state index contributed by atoms with van der Waals surface area (Å²) in [4.78, 5) is 36.0. The molecule has 0 fully saturated rings. The molecule has 0 aromatic heterocycles. The Bertz CT molecular complexity index is 650. The van der Waals surface area contributed by atoms with Crippen LogP contribution in [0, 0.1) is 0 Å². The molecule has 0 saturated carbocycles. The van der Waals surface area contributed by atoms with Crippen molar-refractivity contribution < 1.29 is 34.4 Å². The van der Waals surface area contributed by atoms with E-state index in [0.717, 1.165) is 6.07 Å². The van der Waals surface area contributed by atoms with Gasteiger partial charge in [0.25, 0.3) is 0 Å². The van der Waals surface area contributed by atoms with Crippen molar-refractivity contribution in [2.75, 3.05) is 0 Å². The number of hydrogen-bond acceptors (Lipinski definition) is 7. The van der Waals surface area contributed by atoms with Gasteiger partial charge >= 0.3 is 5.97 Å². The Morgan fingerprint density at radius 1 is 1.17 bits per heavy atom. The van der Waals surface area contributed by atoms with Gasteiger partial charge in [0, 0.05) is 18.9 Å². The zero-order valence-electron chi connectivity index (χ0n) is 12.6. The number of phenols is 2. The molecule has 7 heteroatoms. The highest BCUT2D eigenvalue weighted by molar-refractivity contribution is 6.03. The first-order valence-electron chi connectivity index (χ1n) is 7.26. The molecule has 0 bridgehead atoms. The van der Waals surface area contributed by atoms with Gasteiger partial charge in [-0.1, -0.05) is 0 Å². The molecule has 2 atom stereocenters. The fraction of sp³-hybridized carbons (Fsp3) is 0.438. The molecule has 1 aliphatic heterocycles. The van der Waals surface area contributed by atoms with E-state index in [1.807, 2.05) is 0 Å². The predicted molar refractivity (Wildman–Crippen MR) is 78.2 cm³/mol. The number of rotatable bonds is 0. The summed E-state index contributed by atoms with van der Waals surface area (Å²) in [6, 6.07) is 2.14. The minimum atomic E-state index is -1.48. The fourth-order valence-electron chi connectivity index (χ4n) is 2.51. The first kappa shape index (κ1) is 17.0. The van der Waals surface area contributed by atoms with Gasteiger partial charge in [0.2, 0.25) is 0 Å². The number of ether oxygens (including phenoxy) is 1. The van der Waals surface area contributed by atoms with Crippen LogP contribution in [0.15, 0.2) is 12.1 Å². The lowest BCUT2D eigenvalue weighted by Gasteiger charge is -2.18. The zero-order chi connectivity index (χ0) is 17.1. The van der Waals surface area contributed by atoms with E-state index in [1.54, 1.807) is 6.92 Å². The number of aliphatic hydroxyl groups excluding tert-OH is 1. The maximum absolute atomic E-state index is 12.3. The van der Waals surface area contributed by atoms with Crippen LogP contribution in [0.2, 0.25) is 0 Å². The number of aromatic hydroxyl groups is 2. The molecule has 1 heterocycles. The Kier molecular flexibility index (Phi) is 5.00. The Hall–Kier alpha value is -2.41. The van der Waals surface area contributed by atoms with Gasteiger partial charge in [0.15, 0.2) is 11.6 Å². The van der Waals surface area contributed by atoms with Crippen molar-refractivity contribution in [2.45, 2.75) is 44.8 Å². The molecule has 1 aromatic carbocycles. The van der Waals surface area contributed by atoms with Gasteiger partial charge < -0.3 is 20.1 Å². The van der Waals surface area contributed by atoms with Gasteiger partial charge in [0.05, 0.1) is 18.1 Å². The van der Waals surface area contributed by atoms with E-state index in [1.165, 1.54) is 6.07 Å². The van der Waals surface area contributed by atoms with Crippen LogP contribution in [0.4, 0.5) is 0 Å². The van der Waals surface area contributed by atoms with Crippen molar-refractivity contribution in [3.63, 3.8) is 0 Å². The SMILES string of the molecule is C[C@@H]1CCC(=O)[C@H](O)CC(=O)c2c(O)cc(O)cc2CC(=O)O1. The molecule has 0 saturated heterocycles. The lowest BCUT2D eigenvalue weighted by atomic mass is 9.94. The highest BCUT2D eigenvalue weighted by atomic mass is 16.5. The van der Waals surface area contributed by atoms with E-state index in [-0.39, 0.29) is 36.1 Å². The van der Waals surface area contributed by atoms with E-state index < -0.39 is 41.9 Å². The van der Waals surface area contributed by atoms with Crippen LogP contribution in [-0.2, 0) is 20.7 Å². The molecular weight excluding hydrogens is 304 g/mol. The summed E-state index contributed by atoms with van der Waals surface area (Å²) in [5.74, 6) is -2.66. The molecule has 0 spiro atoms. The molecule has 0 aliphatic carbocycles. The average Bonchev–Trinajstić information content (AvgIpc) is 2.42. The first-order valence-corrected chi connectivity index (χ1v) is 7.26. The van der Waals surface area contributed by atoms with Gasteiger partial charge in [-0.25, -0.2) is 0 Å². The lowest BCUT2D eigenvalue weighted by molar-refractivity contribution is -0.148. The third-order valence-electron chi connectivity index (χ3n) is 3.68. The number of carbonyl (C=O) groups is 3. The van der Waals surface area contributed by atoms with E-state index in [0.29, 0.717) is 0 Å². The summed E-state index contributed by atoms with van der Waals surface area (Å²) in [6.07, 6.45) is -2.58. The van der Waals surface area contributed by atoms with Crippen molar-refractivity contribution in [3.8, 4) is 11.5 Å². The number of ketones is 2. The number of benzene rings is 1. The summed E-state index contributed by atoms with van der Waals surface area (Å²) < 4.78 is 5.13. The summed E-state index contributed by atoms with van der Waals surface area (Å²) in [5.41, 5.74) is -0.107. The monoisotopic (exact) mass is 322 g/mol. The third-order valence-corrected chi connectivity index (χ3v) is 3.68. The van der Waals surface area contributed by atoms with Crippen LogP contribution in [0.25, 0.3) is 0 Å². The second kappa shape index (κ2) is 6.78. The number of hydrogen-bond donors (Lipinski definition) is 3. The molecule has 0 unspecified atom stereocenters. The van der Waals surface area contributed by atoms with Crippen molar-refractivity contribution >= 4 is 17.5 Å². The van der Waals surface area contributed by atoms with Crippen LogP contribution >= 0.6 is 0 Å². The normalized spacial score (nSPS) is 23.5. The van der Waals surface area contributed by atoms with E-state index in [4.69, 9.17) is 4.74 Å². The number of Topliss-reactive ketones (excluding diaryl/α,β-unsaturated/α-hetero) is 2. The molecule has 124 valence electrons. The molecule has 1 aliphatic rings. The van der Waals surface area contributed by atoms with Gasteiger partial charge in [-0.2, -0.15) is 0 Å². The van der Waals surface area contributed by atoms with Crippen LogP contribution in [0.1, 0.15) is 42.1 Å². The number of phenolic OH excluding ortho intramolecular Hbond substituents is 2. The number of carbonyl (C=O) groups excluding carboxylic acids is 3. The fourth-order valence-corrected chi connectivity index (χ4v) is 2.51. The number of fused-ring (bicyclic) bond motifs is 1. The third kappa shape index (κ3) is 4.07. The molecular formula is C16H18O7. The quantitative estimate of drug-likeness (QED) is 0.606. The van der Waals surface area contributed by atoms with E-state index in [2.05, 4.69) is 0 Å². The maximum atomic E-state index is 12.3. The molecule has 23 heavy (non-hydrogen) atoms. The highest BCUT2D eigenvalue weighted by Crippen LogP contribution is 2.30. The Balaban J connectivity index is 2.45. The lowest BCUT2D eigenvalue weighted by Crippen LogP contribution is -2.27. The zero-order valence-corrected chi connectivity index (χ0v) is 12.6. The summed E-state index contributed by atoms with van der Waals surface area (Å²) >= 11 is 0. The number of aliphatic hydroxyl groups is 1. The maximum Gasteiger partial charge on any atom is 0.310 e. The van der Waals surface area contributed by atoms with Crippen LogP contribution < -0.4 is 0 Å². The summed E-state index contributed by atoms with van der Waals surface area (Å²) in [7, 11) is 0. The van der Waals surface area contributed by atoms with E-state index >= 15 is 0 Å². The standard InChI is InChI=1S/C16H18O7/c1-8-2-3-11(18)12(19)7-14(21)16-9(5-15(22)23-8)4-10(17)6-13(16)20/h4,6,8,12,17,19-20H,2-3,5,7H2,1H3/t8-,12-/m1/s1. The average molecular weight is 322 g/mol. The van der Waals surface area contributed by atoms with Crippen molar-refractivity contribution in [3.05, 3.63) is 23.3 Å². The Labute approximate surface area is 132 Å². The van der Waals surface area contributed by atoms with Gasteiger partial charge in [0.1, 0.15) is 17.6 Å². The minimum absolute atomic E-state index is 0.0166. The van der Waals surface area contributed by atoms with Gasteiger partial charge in [-0.3, -0.25) is 14.4 Å². The number of cyclic esters (lactones) is 1. The smallest absolute Gasteiger partial charge is 0.310 e. The van der Waals surface area contributed by atoms with Crippen LogP contribution in [0.3, 0.4) is 0 Å². The second-order valence-electron chi connectivity index (χ2n) is 5.62. The van der Waals surface area contributed by atoms with Crippen molar-refractivity contribution in [2.24, 2.45) is 0 Å². The van der Waals surface area contributed by atoms with Crippen molar-refractivity contribution in [1.29, 1.82) is 0 Å². The molecule has 7 nitrogen and oxygen atoms in total.